The second-order valence-electron chi connectivity index (χ2n) is 0.537. The van der Waals surface area contributed by atoms with Gasteiger partial charge in [-0.05, 0) is 0 Å². The van der Waals surface area contributed by atoms with Crippen LogP contribution in [-0.2, 0) is 0 Å². The van der Waals surface area contributed by atoms with E-state index in [9.17, 15) is 0 Å². The van der Waals surface area contributed by atoms with Crippen LogP contribution in [0.25, 0.3) is 0 Å². The van der Waals surface area contributed by atoms with Crippen LogP contribution in [0.3, 0.4) is 0 Å². The van der Waals surface area contributed by atoms with Crippen molar-refractivity contribution in [2.45, 2.75) is 0 Å². The molecule has 9 heavy (non-hydrogen) atoms. The molecule has 6 N–H and O–H groups in total. The quantitative estimate of drug-likeness (QED) is 0.206. The van der Waals surface area contributed by atoms with E-state index in [1.807, 2.05) is 0 Å². The molecule has 60 valence electrons. The molecule has 0 rings (SSSR count). The zero-order valence-electron chi connectivity index (χ0n) is 4.08. The molecule has 0 radical (unpaired) electrons. The Morgan fingerprint density at radius 3 is 0.556 bits per heavy atom. The molecule has 0 aromatic carbocycles. The van der Waals surface area contributed by atoms with Crippen LogP contribution in [0.4, 0.5) is 0 Å². The van der Waals surface area contributed by atoms with Crippen molar-refractivity contribution >= 4 is 34.3 Å². The Kier molecular flexibility index (Phi) is 21.9. The molecule has 0 fully saturated rings. The van der Waals surface area contributed by atoms with Crippen LogP contribution < -0.4 is 0 Å². The van der Waals surface area contributed by atoms with Gasteiger partial charge >= 0.3 is 34.3 Å². The fourth-order valence-corrected chi connectivity index (χ4v) is 0. The minimum absolute atomic E-state index is 0. The summed E-state index contributed by atoms with van der Waals surface area (Å²) in [5.41, 5.74) is 0. The Morgan fingerprint density at radius 1 is 0.556 bits per heavy atom. The van der Waals surface area contributed by atoms with Gasteiger partial charge in [0.25, 0.3) is 0 Å². The SMILES string of the molecule is OP(O)O.OP(O)O.[SeH2]. The van der Waals surface area contributed by atoms with Gasteiger partial charge in [-0.1, -0.05) is 0 Å². The standard InChI is InChI=1S/2H3O3P.H2Se/c2*1-4(2)3;/h2*1-3H;1H2. The molecule has 6 nitrogen and oxygen atoms in total. The molecule has 0 saturated carbocycles. The van der Waals surface area contributed by atoms with Gasteiger partial charge in [0.1, 0.15) is 0 Å². The predicted octanol–water partition coefficient (Wildman–Crippen LogP) is -2.54. The number of hydrogen-bond acceptors (Lipinski definition) is 6. The predicted molar refractivity (Wildman–Crippen MR) is 35.7 cm³/mol. The van der Waals surface area contributed by atoms with Crippen molar-refractivity contribution in [3.8, 4) is 0 Å². The van der Waals surface area contributed by atoms with Gasteiger partial charge in [0.15, 0.2) is 0 Å². The molecule has 0 aromatic rings. The van der Waals surface area contributed by atoms with E-state index in [1.54, 1.807) is 0 Å². The summed E-state index contributed by atoms with van der Waals surface area (Å²) in [5, 5.41) is 0. The molecular formula is H8O6P2Se. The third-order valence-corrected chi connectivity index (χ3v) is 0. The van der Waals surface area contributed by atoms with E-state index >= 15 is 0 Å². The summed E-state index contributed by atoms with van der Waals surface area (Å²) in [4.78, 5) is 43.4. The van der Waals surface area contributed by atoms with E-state index in [1.165, 1.54) is 0 Å². The molecule has 9 heteroatoms. The Hall–Kier alpha value is 1.14. The molecular weight excluding hydrogens is 237 g/mol. The Morgan fingerprint density at radius 2 is 0.556 bits per heavy atom. The molecule has 0 aliphatic carbocycles. The van der Waals surface area contributed by atoms with Crippen LogP contribution in [0.1, 0.15) is 0 Å². The summed E-state index contributed by atoms with van der Waals surface area (Å²) in [6.45, 7) is 0. The first-order chi connectivity index (χ1) is 3.46. The zero-order chi connectivity index (χ0) is 7.15. The van der Waals surface area contributed by atoms with Crippen LogP contribution in [-0.4, -0.2) is 46.4 Å². The molecule has 0 heterocycles. The first-order valence-corrected chi connectivity index (χ1v) is 3.60. The van der Waals surface area contributed by atoms with Gasteiger partial charge in [-0.15, -0.1) is 0 Å². The molecule has 0 amide bonds. The van der Waals surface area contributed by atoms with Crippen molar-refractivity contribution in [1.82, 2.24) is 0 Å². The Labute approximate surface area is 64.3 Å². The van der Waals surface area contributed by atoms with Crippen molar-refractivity contribution in [2.24, 2.45) is 0 Å². The van der Waals surface area contributed by atoms with Gasteiger partial charge in [0.2, 0.25) is 0 Å². The summed E-state index contributed by atoms with van der Waals surface area (Å²) >= 11 is 0. The van der Waals surface area contributed by atoms with Crippen LogP contribution in [0.15, 0.2) is 0 Å². The fourth-order valence-electron chi connectivity index (χ4n) is 0. The van der Waals surface area contributed by atoms with Crippen molar-refractivity contribution in [3.05, 3.63) is 0 Å². The van der Waals surface area contributed by atoms with Gasteiger partial charge in [-0.3, -0.25) is 0 Å². The van der Waals surface area contributed by atoms with Crippen molar-refractivity contribution in [2.75, 3.05) is 0 Å². The monoisotopic (exact) mass is 246 g/mol. The summed E-state index contributed by atoms with van der Waals surface area (Å²) in [7, 11) is -5.24. The third kappa shape index (κ3) is 359. The van der Waals surface area contributed by atoms with E-state index < -0.39 is 17.2 Å². The average molecular weight is 245 g/mol. The van der Waals surface area contributed by atoms with Crippen molar-refractivity contribution in [3.63, 3.8) is 0 Å². The topological polar surface area (TPSA) is 121 Å². The molecule has 0 aliphatic rings. The van der Waals surface area contributed by atoms with Crippen LogP contribution in [0.2, 0.25) is 0 Å². The summed E-state index contributed by atoms with van der Waals surface area (Å²) < 4.78 is 0. The molecule has 0 aromatic heterocycles. The average Bonchev–Trinajstić information content (AvgIpc) is 1.25. The minimum atomic E-state index is -2.62. The molecule has 0 aliphatic heterocycles. The van der Waals surface area contributed by atoms with Crippen molar-refractivity contribution < 1.29 is 29.4 Å². The molecule has 0 unspecified atom stereocenters. The second-order valence-corrected chi connectivity index (χ2v) is 1.61. The summed E-state index contributed by atoms with van der Waals surface area (Å²) in [6.07, 6.45) is 0. The third-order valence-electron chi connectivity index (χ3n) is 0. The van der Waals surface area contributed by atoms with Gasteiger partial charge in [-0.25, -0.2) is 0 Å². The molecule has 0 spiro atoms. The van der Waals surface area contributed by atoms with Crippen LogP contribution in [0, 0.1) is 0 Å². The normalized spacial score (nSPS) is 8.00. The Balaban J connectivity index is -0.0000000720. The second kappa shape index (κ2) is 11.9. The first kappa shape index (κ1) is 16.6. The van der Waals surface area contributed by atoms with E-state index in [4.69, 9.17) is 29.4 Å². The van der Waals surface area contributed by atoms with Gasteiger partial charge in [0, 0.05) is 0 Å². The van der Waals surface area contributed by atoms with Crippen LogP contribution >= 0.6 is 17.2 Å². The molecule has 0 saturated heterocycles. The summed E-state index contributed by atoms with van der Waals surface area (Å²) in [5.74, 6) is 0. The van der Waals surface area contributed by atoms with Gasteiger partial charge < -0.3 is 29.4 Å². The van der Waals surface area contributed by atoms with E-state index in [0.717, 1.165) is 0 Å². The van der Waals surface area contributed by atoms with E-state index in [-0.39, 0.29) is 17.1 Å². The van der Waals surface area contributed by atoms with E-state index in [0.29, 0.717) is 0 Å². The summed E-state index contributed by atoms with van der Waals surface area (Å²) in [6, 6.07) is 0. The number of rotatable bonds is 0. The first-order valence-electron chi connectivity index (χ1n) is 1.20. The fraction of sp³-hybridized carbons (Fsp3) is 0. The van der Waals surface area contributed by atoms with Gasteiger partial charge in [-0.2, -0.15) is 0 Å². The molecule has 0 atom stereocenters. The van der Waals surface area contributed by atoms with Crippen molar-refractivity contribution in [1.29, 1.82) is 0 Å². The van der Waals surface area contributed by atoms with Gasteiger partial charge in [0.05, 0.1) is 0 Å². The van der Waals surface area contributed by atoms with E-state index in [2.05, 4.69) is 0 Å². The zero-order valence-corrected chi connectivity index (χ0v) is 7.96. The number of hydrogen-bond donors (Lipinski definition) is 6. The van der Waals surface area contributed by atoms with Crippen LogP contribution in [0.5, 0.6) is 0 Å². The maximum atomic E-state index is 7.23. The Bertz CT molecular complexity index is 26.5. The maximum absolute atomic E-state index is 7.23. The molecule has 0 bridgehead atoms.